The van der Waals surface area contributed by atoms with Gasteiger partial charge in [-0.15, -0.1) is 0 Å². The van der Waals surface area contributed by atoms with E-state index in [4.69, 9.17) is 9.97 Å². The third kappa shape index (κ3) is 4.21. The number of rotatable bonds is 5. The Kier molecular flexibility index (Phi) is 5.56. The summed E-state index contributed by atoms with van der Waals surface area (Å²) in [6, 6.07) is 49.3. The second-order valence-electron chi connectivity index (χ2n) is 10.5. The molecule has 8 rings (SSSR count). The summed E-state index contributed by atoms with van der Waals surface area (Å²) in [5.41, 5.74) is 7.60. The lowest BCUT2D eigenvalue weighted by molar-refractivity contribution is -0.652. The van der Waals surface area contributed by atoms with Crippen molar-refractivity contribution >= 4 is 43.6 Å². The average Bonchev–Trinajstić information content (AvgIpc) is 3.33. The predicted molar refractivity (Wildman–Crippen MR) is 167 cm³/mol. The van der Waals surface area contributed by atoms with Crippen LogP contribution in [0.4, 0.5) is 0 Å². The molecule has 4 heteroatoms. The van der Waals surface area contributed by atoms with Crippen LogP contribution in [0.3, 0.4) is 0 Å². The first-order valence-corrected chi connectivity index (χ1v) is 14.0. The second kappa shape index (κ2) is 9.68. The van der Waals surface area contributed by atoms with Gasteiger partial charge in [0, 0.05) is 10.8 Å². The minimum atomic E-state index is 0.658. The molecule has 8 aromatic rings. The Morgan fingerprint density at radius 1 is 0.512 bits per heavy atom. The van der Waals surface area contributed by atoms with Gasteiger partial charge in [-0.2, -0.15) is 0 Å². The number of imidazole rings is 1. The summed E-state index contributed by atoms with van der Waals surface area (Å²) in [7, 11) is 0. The Hall–Kier alpha value is -5.35. The van der Waals surface area contributed by atoms with Crippen molar-refractivity contribution in [1.29, 1.82) is 0 Å². The number of nitrogens with zero attached hydrogens (tertiary/aromatic N) is 4. The standard InChI is InChI=1S/C37H27N4/c1-2-12-29-23-30(18-17-26(29)9-1)37-40(24-31-21-19-27-10-3-5-13-33(27)38-31)35-15-7-8-16-36(35)41(37)25-32-22-20-28-11-4-6-14-34(28)39-32/h1-23H,24-25H2/q+1. The minimum Gasteiger partial charge on any atom is -0.249 e. The average molecular weight is 528 g/mol. The van der Waals surface area contributed by atoms with E-state index in [1.165, 1.54) is 27.4 Å². The van der Waals surface area contributed by atoms with Crippen molar-refractivity contribution in [2.24, 2.45) is 0 Å². The molecule has 0 aliphatic heterocycles. The highest BCUT2D eigenvalue weighted by atomic mass is 15.2. The van der Waals surface area contributed by atoms with Gasteiger partial charge in [0.05, 0.1) is 28.0 Å². The van der Waals surface area contributed by atoms with E-state index in [-0.39, 0.29) is 0 Å². The van der Waals surface area contributed by atoms with Crippen LogP contribution in [0.2, 0.25) is 0 Å². The van der Waals surface area contributed by atoms with Gasteiger partial charge in [0.15, 0.2) is 11.0 Å². The largest absolute Gasteiger partial charge is 0.290 e. The summed E-state index contributed by atoms with van der Waals surface area (Å²) in [4.78, 5) is 10.1. The van der Waals surface area contributed by atoms with Crippen molar-refractivity contribution in [3.05, 3.63) is 151 Å². The molecule has 3 aromatic heterocycles. The van der Waals surface area contributed by atoms with Gasteiger partial charge < -0.3 is 0 Å². The summed E-state index contributed by atoms with van der Waals surface area (Å²) >= 11 is 0. The van der Waals surface area contributed by atoms with Crippen LogP contribution >= 0.6 is 0 Å². The summed E-state index contributed by atoms with van der Waals surface area (Å²) in [6.45, 7) is 1.32. The molecule has 5 aromatic carbocycles. The number of fused-ring (bicyclic) bond motifs is 4. The molecule has 0 atom stereocenters. The zero-order valence-corrected chi connectivity index (χ0v) is 22.5. The fraction of sp³-hybridized carbons (Fsp3) is 0.0541. The van der Waals surface area contributed by atoms with Crippen molar-refractivity contribution in [3.8, 4) is 11.4 Å². The van der Waals surface area contributed by atoms with Crippen molar-refractivity contribution in [1.82, 2.24) is 14.5 Å². The van der Waals surface area contributed by atoms with Crippen LogP contribution in [-0.4, -0.2) is 14.5 Å². The zero-order chi connectivity index (χ0) is 27.2. The van der Waals surface area contributed by atoms with E-state index in [2.05, 4.69) is 149 Å². The molecule has 4 nitrogen and oxygen atoms in total. The quantitative estimate of drug-likeness (QED) is 0.213. The maximum Gasteiger partial charge on any atom is 0.290 e. The first kappa shape index (κ1) is 23.5. The van der Waals surface area contributed by atoms with E-state index in [0.717, 1.165) is 39.0 Å². The van der Waals surface area contributed by atoms with Gasteiger partial charge in [0.2, 0.25) is 0 Å². The summed E-state index contributed by atoms with van der Waals surface area (Å²) in [6.07, 6.45) is 0. The van der Waals surface area contributed by atoms with Gasteiger partial charge >= 0.3 is 0 Å². The van der Waals surface area contributed by atoms with E-state index in [1.807, 2.05) is 0 Å². The molecule has 0 aliphatic rings. The maximum absolute atomic E-state index is 5.05. The normalized spacial score (nSPS) is 11.6. The molecule has 0 saturated heterocycles. The Bertz CT molecular complexity index is 2110. The van der Waals surface area contributed by atoms with Crippen LogP contribution in [0, 0.1) is 0 Å². The highest BCUT2D eigenvalue weighted by molar-refractivity contribution is 5.87. The first-order chi connectivity index (χ1) is 20.3. The molecular formula is C37H27N4+. The van der Waals surface area contributed by atoms with E-state index in [0.29, 0.717) is 13.1 Å². The topological polar surface area (TPSA) is 34.6 Å². The first-order valence-electron chi connectivity index (χ1n) is 14.0. The van der Waals surface area contributed by atoms with Crippen molar-refractivity contribution in [3.63, 3.8) is 0 Å². The molecule has 0 bridgehead atoms. The zero-order valence-electron chi connectivity index (χ0n) is 22.5. The monoisotopic (exact) mass is 527 g/mol. The Balaban J connectivity index is 1.35. The summed E-state index contributed by atoms with van der Waals surface area (Å²) in [5, 5.41) is 4.76. The molecule has 41 heavy (non-hydrogen) atoms. The molecule has 3 heterocycles. The Morgan fingerprint density at radius 3 is 1.88 bits per heavy atom. The number of benzene rings is 5. The number of pyridine rings is 2. The highest BCUT2D eigenvalue weighted by Gasteiger charge is 2.27. The predicted octanol–water partition coefficient (Wildman–Crippen LogP) is 7.94. The number of aromatic nitrogens is 4. The van der Waals surface area contributed by atoms with Gasteiger partial charge in [0.25, 0.3) is 5.82 Å². The van der Waals surface area contributed by atoms with E-state index in [9.17, 15) is 0 Å². The molecule has 0 amide bonds. The van der Waals surface area contributed by atoms with Crippen LogP contribution < -0.4 is 4.57 Å². The summed E-state index contributed by atoms with van der Waals surface area (Å²) < 4.78 is 4.83. The molecule has 0 radical (unpaired) electrons. The highest BCUT2D eigenvalue weighted by Crippen LogP contribution is 2.28. The van der Waals surface area contributed by atoms with Crippen LogP contribution in [0.25, 0.3) is 55.0 Å². The molecular weight excluding hydrogens is 500 g/mol. The van der Waals surface area contributed by atoms with Crippen molar-refractivity contribution < 1.29 is 4.57 Å². The Morgan fingerprint density at radius 2 is 1.10 bits per heavy atom. The fourth-order valence-corrected chi connectivity index (χ4v) is 5.97. The molecule has 0 N–H and O–H groups in total. The minimum absolute atomic E-state index is 0.658. The van der Waals surface area contributed by atoms with Crippen LogP contribution in [0.1, 0.15) is 11.4 Å². The SMILES string of the molecule is c1ccc2cc(-c3n(Cc4ccc5ccccc5n4)c4ccccc4[n+]3Cc3ccc4ccccc4n3)ccc2c1. The number of hydrogen-bond donors (Lipinski definition) is 0. The van der Waals surface area contributed by atoms with Gasteiger partial charge in [0.1, 0.15) is 13.1 Å². The van der Waals surface area contributed by atoms with Crippen molar-refractivity contribution in [2.75, 3.05) is 0 Å². The third-order valence-corrected chi connectivity index (χ3v) is 7.93. The van der Waals surface area contributed by atoms with Gasteiger partial charge in [-0.1, -0.05) is 91.0 Å². The molecule has 194 valence electrons. The molecule has 0 saturated carbocycles. The fourth-order valence-electron chi connectivity index (χ4n) is 5.97. The van der Waals surface area contributed by atoms with Gasteiger partial charge in [-0.05, 0) is 59.3 Å². The molecule has 0 spiro atoms. The molecule has 0 aliphatic carbocycles. The number of hydrogen-bond acceptors (Lipinski definition) is 2. The lowest BCUT2D eigenvalue weighted by atomic mass is 10.1. The lowest BCUT2D eigenvalue weighted by Crippen LogP contribution is -2.37. The van der Waals surface area contributed by atoms with E-state index in [1.54, 1.807) is 0 Å². The molecule has 0 fully saturated rings. The van der Waals surface area contributed by atoms with Gasteiger partial charge in [-0.3, -0.25) is 0 Å². The number of para-hydroxylation sites is 4. The van der Waals surface area contributed by atoms with Gasteiger partial charge in [-0.25, -0.2) is 19.1 Å². The Labute approximate surface area is 237 Å². The smallest absolute Gasteiger partial charge is 0.249 e. The van der Waals surface area contributed by atoms with Crippen LogP contribution in [-0.2, 0) is 13.1 Å². The second-order valence-corrected chi connectivity index (χ2v) is 10.5. The van der Waals surface area contributed by atoms with E-state index < -0.39 is 0 Å². The molecule has 0 unspecified atom stereocenters. The van der Waals surface area contributed by atoms with Crippen molar-refractivity contribution in [2.45, 2.75) is 13.1 Å². The maximum atomic E-state index is 5.05. The van der Waals surface area contributed by atoms with Crippen LogP contribution in [0.5, 0.6) is 0 Å². The summed E-state index contributed by atoms with van der Waals surface area (Å²) in [5.74, 6) is 1.14. The van der Waals surface area contributed by atoms with E-state index >= 15 is 0 Å². The van der Waals surface area contributed by atoms with Crippen LogP contribution in [0.15, 0.2) is 140 Å². The third-order valence-electron chi connectivity index (χ3n) is 7.93. The lowest BCUT2D eigenvalue weighted by Gasteiger charge is -2.08.